The average Bonchev–Trinajstić information content (AvgIpc) is 2.33. The minimum atomic E-state index is 0.629. The van der Waals surface area contributed by atoms with Crippen LogP contribution in [-0.4, -0.2) is 0 Å². The van der Waals surface area contributed by atoms with Crippen molar-refractivity contribution in [2.24, 2.45) is 17.8 Å². The molecule has 0 saturated carbocycles. The molecule has 0 N–H and O–H groups in total. The zero-order chi connectivity index (χ0) is 12.8. The zero-order valence-electron chi connectivity index (χ0n) is 12.2. The van der Waals surface area contributed by atoms with Gasteiger partial charge in [-0.25, -0.2) is 0 Å². The van der Waals surface area contributed by atoms with Gasteiger partial charge in [0.15, 0.2) is 0 Å². The van der Waals surface area contributed by atoms with Gasteiger partial charge in [0.05, 0.1) is 0 Å². The van der Waals surface area contributed by atoms with Crippen molar-refractivity contribution in [2.75, 3.05) is 0 Å². The molecule has 0 heteroatoms. The molecule has 0 aromatic heterocycles. The van der Waals surface area contributed by atoms with Gasteiger partial charge in [-0.3, -0.25) is 0 Å². The fourth-order valence-corrected chi connectivity index (χ4v) is 3.08. The summed E-state index contributed by atoms with van der Waals surface area (Å²) in [6.07, 6.45) is 13.0. The van der Waals surface area contributed by atoms with Crippen molar-refractivity contribution in [3.8, 4) is 0 Å². The lowest BCUT2D eigenvalue weighted by Gasteiger charge is -2.32. The summed E-state index contributed by atoms with van der Waals surface area (Å²) in [7, 11) is 0. The quantitative estimate of drug-likeness (QED) is 0.585. The van der Waals surface area contributed by atoms with Crippen LogP contribution in [-0.2, 0) is 0 Å². The van der Waals surface area contributed by atoms with Gasteiger partial charge >= 0.3 is 0 Å². The Morgan fingerprint density at radius 1 is 1.24 bits per heavy atom. The van der Waals surface area contributed by atoms with Crippen LogP contribution < -0.4 is 0 Å². The van der Waals surface area contributed by atoms with E-state index in [1.54, 1.807) is 5.57 Å². The van der Waals surface area contributed by atoms with Crippen molar-refractivity contribution in [2.45, 2.75) is 53.9 Å². The van der Waals surface area contributed by atoms with Gasteiger partial charge in [0.1, 0.15) is 0 Å². The maximum atomic E-state index is 2.43. The molecular weight excluding hydrogens is 204 g/mol. The third-order valence-corrected chi connectivity index (χ3v) is 4.26. The van der Waals surface area contributed by atoms with E-state index in [0.717, 1.165) is 18.3 Å². The van der Waals surface area contributed by atoms with Crippen LogP contribution in [0.25, 0.3) is 0 Å². The van der Waals surface area contributed by atoms with Crippen molar-refractivity contribution in [3.05, 3.63) is 35.5 Å². The molecule has 1 aliphatic carbocycles. The second kappa shape index (κ2) is 6.83. The van der Waals surface area contributed by atoms with E-state index in [-0.39, 0.29) is 0 Å². The topological polar surface area (TPSA) is 0 Å². The molecule has 0 bridgehead atoms. The molecule has 0 fully saturated rings. The first-order valence-electron chi connectivity index (χ1n) is 7.21. The van der Waals surface area contributed by atoms with Gasteiger partial charge in [0.25, 0.3) is 0 Å². The van der Waals surface area contributed by atoms with Gasteiger partial charge in [-0.05, 0) is 36.3 Å². The van der Waals surface area contributed by atoms with Crippen LogP contribution in [0.15, 0.2) is 35.5 Å². The third kappa shape index (κ3) is 3.34. The van der Waals surface area contributed by atoms with E-state index in [0.29, 0.717) is 5.92 Å². The van der Waals surface area contributed by atoms with Crippen molar-refractivity contribution < 1.29 is 0 Å². The second-order valence-electron chi connectivity index (χ2n) is 5.26. The predicted octanol–water partition coefficient (Wildman–Crippen LogP) is 5.53. The summed E-state index contributed by atoms with van der Waals surface area (Å²) in [6, 6.07) is 0. The number of hydrogen-bond acceptors (Lipinski definition) is 0. The first-order chi connectivity index (χ1) is 8.15. The summed E-state index contributed by atoms with van der Waals surface area (Å²) in [5.74, 6) is 2.23. The third-order valence-electron chi connectivity index (χ3n) is 4.26. The molecule has 2 unspecified atom stereocenters. The molecule has 96 valence electrons. The number of rotatable bonds is 5. The Bertz CT molecular complexity index is 313. The van der Waals surface area contributed by atoms with E-state index in [9.17, 15) is 0 Å². The van der Waals surface area contributed by atoms with Gasteiger partial charge < -0.3 is 0 Å². The lowest BCUT2D eigenvalue weighted by molar-refractivity contribution is 0.291. The van der Waals surface area contributed by atoms with Crippen molar-refractivity contribution in [3.63, 3.8) is 0 Å². The van der Waals surface area contributed by atoms with Crippen LogP contribution in [0.2, 0.25) is 0 Å². The van der Waals surface area contributed by atoms with Crippen LogP contribution in [0.4, 0.5) is 0 Å². The molecule has 0 nitrogen and oxygen atoms in total. The molecule has 0 heterocycles. The smallest absolute Gasteiger partial charge is 0.00488 e. The Morgan fingerprint density at radius 2 is 1.88 bits per heavy atom. The lowest BCUT2D eigenvalue weighted by atomic mass is 9.73. The molecule has 0 spiro atoms. The van der Waals surface area contributed by atoms with Gasteiger partial charge in [-0.2, -0.15) is 0 Å². The van der Waals surface area contributed by atoms with Crippen LogP contribution in [0.5, 0.6) is 0 Å². The van der Waals surface area contributed by atoms with Gasteiger partial charge in [0.2, 0.25) is 0 Å². The highest BCUT2D eigenvalue weighted by Gasteiger charge is 2.26. The largest absolute Gasteiger partial charge is 0.0807 e. The second-order valence-corrected chi connectivity index (χ2v) is 5.26. The molecule has 17 heavy (non-hydrogen) atoms. The fourth-order valence-electron chi connectivity index (χ4n) is 3.08. The Morgan fingerprint density at radius 3 is 2.41 bits per heavy atom. The molecule has 0 aromatic carbocycles. The Kier molecular flexibility index (Phi) is 5.74. The highest BCUT2D eigenvalue weighted by molar-refractivity contribution is 5.40. The molecule has 1 aliphatic rings. The van der Waals surface area contributed by atoms with Gasteiger partial charge in [-0.15, -0.1) is 0 Å². The standard InChI is InChI=1S/C17H28/c1-6-10-16-13(4)11-9-12-17(16)14(5)15(7-2)8-3/h9-12,14-15,17H,6-8H2,1-5H3. The first kappa shape index (κ1) is 14.3. The first-order valence-corrected chi connectivity index (χ1v) is 7.21. The van der Waals surface area contributed by atoms with Crippen molar-refractivity contribution in [1.29, 1.82) is 0 Å². The highest BCUT2D eigenvalue weighted by Crippen LogP contribution is 2.37. The Balaban J connectivity index is 2.92. The minimum absolute atomic E-state index is 0.629. The van der Waals surface area contributed by atoms with E-state index >= 15 is 0 Å². The average molecular weight is 232 g/mol. The molecule has 0 aliphatic heterocycles. The molecule has 2 atom stereocenters. The number of allylic oxidation sites excluding steroid dienone is 6. The van der Waals surface area contributed by atoms with Crippen molar-refractivity contribution in [1.82, 2.24) is 0 Å². The normalized spacial score (nSPS) is 24.2. The van der Waals surface area contributed by atoms with E-state index < -0.39 is 0 Å². The van der Waals surface area contributed by atoms with Gasteiger partial charge in [-0.1, -0.05) is 64.8 Å². The molecular formula is C17H28. The summed E-state index contributed by atoms with van der Waals surface area (Å²) < 4.78 is 0. The van der Waals surface area contributed by atoms with Crippen LogP contribution in [0.3, 0.4) is 0 Å². The monoisotopic (exact) mass is 232 g/mol. The van der Waals surface area contributed by atoms with Crippen LogP contribution in [0.1, 0.15) is 53.9 Å². The van der Waals surface area contributed by atoms with E-state index in [2.05, 4.69) is 58.9 Å². The van der Waals surface area contributed by atoms with Crippen LogP contribution in [0, 0.1) is 17.8 Å². The Labute approximate surface area is 108 Å². The highest BCUT2D eigenvalue weighted by atomic mass is 14.3. The molecule has 0 radical (unpaired) electrons. The molecule has 1 rings (SSSR count). The minimum Gasteiger partial charge on any atom is -0.0807 e. The molecule has 0 amide bonds. The molecule has 0 saturated heterocycles. The summed E-state index contributed by atoms with van der Waals surface area (Å²) in [5, 5.41) is 0. The van der Waals surface area contributed by atoms with E-state index in [1.165, 1.54) is 18.4 Å². The predicted molar refractivity (Wildman–Crippen MR) is 78.0 cm³/mol. The maximum absolute atomic E-state index is 2.43. The number of hydrogen-bond donors (Lipinski definition) is 0. The SMILES string of the molecule is CCC=C1C(C)=CC=CC1C(C)C(CC)CC. The Hall–Kier alpha value is -0.780. The van der Waals surface area contributed by atoms with Crippen molar-refractivity contribution >= 4 is 0 Å². The lowest BCUT2D eigenvalue weighted by Crippen LogP contribution is -2.22. The molecule has 0 aromatic rings. The maximum Gasteiger partial charge on any atom is 0.00488 e. The van der Waals surface area contributed by atoms with Crippen LogP contribution >= 0.6 is 0 Å². The zero-order valence-corrected chi connectivity index (χ0v) is 12.2. The summed E-state index contributed by atoms with van der Waals surface area (Å²) in [5.41, 5.74) is 3.02. The van der Waals surface area contributed by atoms with E-state index in [4.69, 9.17) is 0 Å². The summed E-state index contributed by atoms with van der Waals surface area (Å²) in [6.45, 7) is 11.6. The van der Waals surface area contributed by atoms with Gasteiger partial charge in [0, 0.05) is 5.92 Å². The fraction of sp³-hybridized carbons (Fsp3) is 0.647. The summed E-state index contributed by atoms with van der Waals surface area (Å²) >= 11 is 0. The summed E-state index contributed by atoms with van der Waals surface area (Å²) in [4.78, 5) is 0. The van der Waals surface area contributed by atoms with E-state index in [1.807, 2.05) is 0 Å².